The first-order valence-corrected chi connectivity index (χ1v) is 5.72. The Morgan fingerprint density at radius 3 is 3.00 bits per heavy atom. The van der Waals surface area contributed by atoms with Crippen LogP contribution in [0.15, 0.2) is 18.2 Å². The Labute approximate surface area is 96.0 Å². The molecule has 2 nitrogen and oxygen atoms in total. The molecule has 1 aliphatic heterocycles. The van der Waals surface area contributed by atoms with E-state index in [2.05, 4.69) is 31.0 Å². The summed E-state index contributed by atoms with van der Waals surface area (Å²) in [7, 11) is 2.14. The van der Waals surface area contributed by atoms with Crippen LogP contribution in [0.25, 0.3) is 0 Å². The first-order valence-electron chi connectivity index (χ1n) is 5.35. The summed E-state index contributed by atoms with van der Waals surface area (Å²) in [5.74, 6) is 0.515. The highest BCUT2D eigenvalue weighted by atomic mass is 35.5. The Bertz CT molecular complexity index is 365. The van der Waals surface area contributed by atoms with Gasteiger partial charge < -0.3 is 10.6 Å². The molecule has 0 bridgehead atoms. The summed E-state index contributed by atoms with van der Waals surface area (Å²) in [6, 6.07) is 6.63. The molecule has 2 unspecified atom stereocenters. The van der Waals surface area contributed by atoms with E-state index in [1.165, 1.54) is 11.3 Å². The van der Waals surface area contributed by atoms with Crippen molar-refractivity contribution in [2.24, 2.45) is 11.7 Å². The minimum atomic E-state index is 0.515. The van der Waals surface area contributed by atoms with E-state index in [4.69, 9.17) is 17.3 Å². The molecule has 1 aromatic carbocycles. The number of nitrogens with two attached hydrogens (primary N) is 1. The minimum Gasteiger partial charge on any atom is -0.371 e. The number of halogens is 1. The maximum Gasteiger partial charge on any atom is 0.0410 e. The first-order chi connectivity index (χ1) is 7.13. The van der Waals surface area contributed by atoms with Gasteiger partial charge in [-0.1, -0.05) is 18.5 Å². The van der Waals surface area contributed by atoms with Crippen LogP contribution in [0.4, 0.5) is 5.69 Å². The molecule has 82 valence electrons. The standard InChI is InChI=1S/C12H17ClN2/c1-8(7-14)12-6-9-5-10(13)3-4-11(9)15(12)2/h3-5,8,12H,6-7,14H2,1-2H3. The van der Waals surface area contributed by atoms with Crippen molar-refractivity contribution in [3.63, 3.8) is 0 Å². The SMILES string of the molecule is CC(CN)C1Cc2cc(Cl)ccc2N1C. The number of hydrogen-bond donors (Lipinski definition) is 1. The topological polar surface area (TPSA) is 29.3 Å². The van der Waals surface area contributed by atoms with Crippen LogP contribution in [0.1, 0.15) is 12.5 Å². The molecular weight excluding hydrogens is 208 g/mol. The van der Waals surface area contributed by atoms with Crippen LogP contribution in [0.3, 0.4) is 0 Å². The number of benzene rings is 1. The number of anilines is 1. The van der Waals surface area contributed by atoms with Crippen LogP contribution in [0, 0.1) is 5.92 Å². The molecule has 0 spiro atoms. The zero-order valence-electron chi connectivity index (χ0n) is 9.20. The normalized spacial score (nSPS) is 21.6. The minimum absolute atomic E-state index is 0.515. The monoisotopic (exact) mass is 224 g/mol. The molecule has 15 heavy (non-hydrogen) atoms. The van der Waals surface area contributed by atoms with Crippen LogP contribution in [-0.2, 0) is 6.42 Å². The predicted octanol–water partition coefficient (Wildman–Crippen LogP) is 2.30. The van der Waals surface area contributed by atoms with E-state index >= 15 is 0 Å². The maximum absolute atomic E-state index is 5.99. The quantitative estimate of drug-likeness (QED) is 0.836. The molecule has 0 aliphatic carbocycles. The fourth-order valence-corrected chi connectivity index (χ4v) is 2.54. The second-order valence-corrected chi connectivity index (χ2v) is 4.80. The van der Waals surface area contributed by atoms with E-state index in [0.29, 0.717) is 12.0 Å². The average molecular weight is 225 g/mol. The Morgan fingerprint density at radius 1 is 1.60 bits per heavy atom. The largest absolute Gasteiger partial charge is 0.371 e. The van der Waals surface area contributed by atoms with E-state index < -0.39 is 0 Å². The summed E-state index contributed by atoms with van der Waals surface area (Å²) in [5, 5.41) is 0.822. The highest BCUT2D eigenvalue weighted by Gasteiger charge is 2.29. The summed E-state index contributed by atoms with van der Waals surface area (Å²) in [4.78, 5) is 2.32. The summed E-state index contributed by atoms with van der Waals surface area (Å²) in [6.45, 7) is 2.94. The number of likely N-dealkylation sites (N-methyl/N-ethyl adjacent to an activating group) is 1. The molecule has 1 heterocycles. The molecule has 0 saturated carbocycles. The summed E-state index contributed by atoms with van der Waals surface area (Å²) >= 11 is 5.99. The van der Waals surface area contributed by atoms with E-state index in [9.17, 15) is 0 Å². The lowest BCUT2D eigenvalue weighted by molar-refractivity contribution is 0.462. The van der Waals surface area contributed by atoms with Crippen LogP contribution in [-0.4, -0.2) is 19.6 Å². The average Bonchev–Trinajstić information content (AvgIpc) is 2.54. The second-order valence-electron chi connectivity index (χ2n) is 4.37. The lowest BCUT2D eigenvalue weighted by Gasteiger charge is -2.27. The second kappa shape index (κ2) is 4.03. The van der Waals surface area contributed by atoms with E-state index in [1.54, 1.807) is 0 Å². The molecular formula is C12H17ClN2. The van der Waals surface area contributed by atoms with Gasteiger partial charge >= 0.3 is 0 Å². The van der Waals surface area contributed by atoms with Crippen molar-refractivity contribution in [1.82, 2.24) is 0 Å². The third-order valence-corrected chi connectivity index (χ3v) is 3.61. The van der Waals surface area contributed by atoms with Gasteiger partial charge in [0.2, 0.25) is 0 Å². The lowest BCUT2D eigenvalue weighted by atomic mass is 9.98. The van der Waals surface area contributed by atoms with Gasteiger partial charge in [0.1, 0.15) is 0 Å². The zero-order chi connectivity index (χ0) is 11.0. The number of fused-ring (bicyclic) bond motifs is 1. The van der Waals surface area contributed by atoms with Crippen molar-refractivity contribution in [3.8, 4) is 0 Å². The van der Waals surface area contributed by atoms with Gasteiger partial charge in [-0.15, -0.1) is 0 Å². The van der Waals surface area contributed by atoms with E-state index in [0.717, 1.165) is 18.0 Å². The van der Waals surface area contributed by atoms with Crippen LogP contribution < -0.4 is 10.6 Å². The molecule has 0 radical (unpaired) electrons. The van der Waals surface area contributed by atoms with Crippen molar-refractivity contribution in [1.29, 1.82) is 0 Å². The van der Waals surface area contributed by atoms with Gasteiger partial charge in [0.15, 0.2) is 0 Å². The maximum atomic E-state index is 5.99. The summed E-state index contributed by atoms with van der Waals surface area (Å²) in [6.07, 6.45) is 1.06. The third kappa shape index (κ3) is 1.84. The Balaban J connectivity index is 2.28. The van der Waals surface area contributed by atoms with Crippen LogP contribution >= 0.6 is 11.6 Å². The molecule has 2 atom stereocenters. The number of rotatable bonds is 2. The van der Waals surface area contributed by atoms with Crippen LogP contribution in [0.5, 0.6) is 0 Å². The molecule has 3 heteroatoms. The van der Waals surface area contributed by atoms with Gasteiger partial charge in [-0.25, -0.2) is 0 Å². The molecule has 0 aromatic heterocycles. The first kappa shape index (κ1) is 10.8. The number of nitrogens with zero attached hydrogens (tertiary/aromatic N) is 1. The van der Waals surface area contributed by atoms with Gasteiger partial charge in [0, 0.05) is 23.8 Å². The molecule has 2 rings (SSSR count). The summed E-state index contributed by atoms with van der Waals surface area (Å²) < 4.78 is 0. The van der Waals surface area contributed by atoms with E-state index in [1.807, 2.05) is 6.07 Å². The van der Waals surface area contributed by atoms with Gasteiger partial charge in [-0.2, -0.15) is 0 Å². The highest BCUT2D eigenvalue weighted by molar-refractivity contribution is 6.30. The van der Waals surface area contributed by atoms with E-state index in [-0.39, 0.29) is 0 Å². The fraction of sp³-hybridized carbons (Fsp3) is 0.500. The molecule has 0 saturated heterocycles. The Hall–Kier alpha value is -0.730. The van der Waals surface area contributed by atoms with Gasteiger partial charge in [0.25, 0.3) is 0 Å². The van der Waals surface area contributed by atoms with Crippen molar-refractivity contribution < 1.29 is 0 Å². The highest BCUT2D eigenvalue weighted by Crippen LogP contribution is 2.35. The van der Waals surface area contributed by atoms with Crippen molar-refractivity contribution >= 4 is 17.3 Å². The molecule has 0 amide bonds. The fourth-order valence-electron chi connectivity index (χ4n) is 2.34. The lowest BCUT2D eigenvalue weighted by Crippen LogP contribution is -2.37. The molecule has 0 fully saturated rings. The van der Waals surface area contributed by atoms with Crippen LogP contribution in [0.2, 0.25) is 5.02 Å². The van der Waals surface area contributed by atoms with Gasteiger partial charge in [-0.3, -0.25) is 0 Å². The molecule has 1 aliphatic rings. The Morgan fingerprint density at radius 2 is 2.33 bits per heavy atom. The number of hydrogen-bond acceptors (Lipinski definition) is 2. The molecule has 1 aromatic rings. The van der Waals surface area contributed by atoms with Crippen molar-refractivity contribution in [2.75, 3.05) is 18.5 Å². The third-order valence-electron chi connectivity index (χ3n) is 3.38. The predicted molar refractivity (Wildman–Crippen MR) is 65.6 cm³/mol. The molecule has 2 N–H and O–H groups in total. The summed E-state index contributed by atoms with van der Waals surface area (Å²) in [5.41, 5.74) is 8.37. The Kier molecular flexibility index (Phi) is 2.89. The zero-order valence-corrected chi connectivity index (χ0v) is 9.96. The van der Waals surface area contributed by atoms with Gasteiger partial charge in [0.05, 0.1) is 0 Å². The van der Waals surface area contributed by atoms with Gasteiger partial charge in [-0.05, 0) is 42.6 Å². The smallest absolute Gasteiger partial charge is 0.0410 e. The van der Waals surface area contributed by atoms with Crippen molar-refractivity contribution in [2.45, 2.75) is 19.4 Å². The van der Waals surface area contributed by atoms with Crippen molar-refractivity contribution in [3.05, 3.63) is 28.8 Å².